The molecule has 0 aliphatic carbocycles. The highest BCUT2D eigenvalue weighted by atomic mass is 32.2. The first-order valence-electron chi connectivity index (χ1n) is 11.8. The number of nitrogens with zero attached hydrogens (tertiary/aromatic N) is 2. The number of furan rings is 2. The molecule has 39 heavy (non-hydrogen) atoms. The van der Waals surface area contributed by atoms with Gasteiger partial charge >= 0.3 is 0 Å². The Bertz CT molecular complexity index is 1470. The minimum absolute atomic E-state index is 0.0603. The second-order valence-corrected chi connectivity index (χ2v) is 10.1. The molecule has 2 heterocycles. The van der Waals surface area contributed by atoms with E-state index >= 15 is 0 Å². The molecule has 2 amide bonds. The van der Waals surface area contributed by atoms with Crippen molar-refractivity contribution < 1.29 is 31.6 Å². The molecule has 0 radical (unpaired) electrons. The lowest BCUT2D eigenvalue weighted by atomic mass is 10.2. The van der Waals surface area contributed by atoms with Gasteiger partial charge in [-0.2, -0.15) is 9.41 Å². The summed E-state index contributed by atoms with van der Waals surface area (Å²) in [7, 11) is -3.97. The van der Waals surface area contributed by atoms with Crippen LogP contribution in [0, 0.1) is 0 Å². The molecule has 202 valence electrons. The molecule has 2 aromatic carbocycles. The molecule has 0 fully saturated rings. The topological polar surface area (TPSA) is 143 Å². The molecule has 12 heteroatoms. The Hall–Kier alpha value is -4.68. The average Bonchev–Trinajstić information content (AvgIpc) is 3.66. The van der Waals surface area contributed by atoms with E-state index in [0.717, 1.165) is 4.31 Å². The third-order valence-corrected chi connectivity index (χ3v) is 7.11. The Morgan fingerprint density at radius 3 is 2.23 bits per heavy atom. The Balaban J connectivity index is 1.28. The molecule has 2 aromatic heterocycles. The summed E-state index contributed by atoms with van der Waals surface area (Å²) in [5, 5.41) is 6.60. The summed E-state index contributed by atoms with van der Waals surface area (Å²) in [6, 6.07) is 21.3. The molecule has 0 atom stereocenters. The molecule has 0 bridgehead atoms. The van der Waals surface area contributed by atoms with Gasteiger partial charge in [-0.25, -0.2) is 13.8 Å². The van der Waals surface area contributed by atoms with Crippen LogP contribution in [-0.4, -0.2) is 43.9 Å². The second-order valence-electron chi connectivity index (χ2n) is 8.17. The maximum atomic E-state index is 13.1. The van der Waals surface area contributed by atoms with Crippen molar-refractivity contribution in [2.45, 2.75) is 18.0 Å². The Labute approximate surface area is 225 Å². The van der Waals surface area contributed by atoms with Crippen molar-refractivity contribution >= 4 is 28.1 Å². The molecule has 0 saturated heterocycles. The number of amides is 2. The van der Waals surface area contributed by atoms with Gasteiger partial charge in [0.05, 0.1) is 43.3 Å². The van der Waals surface area contributed by atoms with Crippen molar-refractivity contribution in [2.24, 2.45) is 5.10 Å². The summed E-state index contributed by atoms with van der Waals surface area (Å²) in [5.74, 6) is 0.585. The van der Waals surface area contributed by atoms with Crippen LogP contribution >= 0.6 is 0 Å². The zero-order chi connectivity index (χ0) is 27.5. The standard InChI is InChI=1S/C27H26N4O7S/c32-26(19-31(18-24-7-5-15-37-24)39(34,35)25-8-2-1-3-9-25)30-29-16-21-10-12-22(13-11-21)38-20-27(33)28-17-23-6-4-14-36-23/h1-16H,17-20H2,(H,28,33)(H,30,32)/b29-16+. The number of rotatable bonds is 13. The van der Waals surface area contributed by atoms with E-state index in [0.29, 0.717) is 22.8 Å². The summed E-state index contributed by atoms with van der Waals surface area (Å²) < 4.78 is 43.2. The van der Waals surface area contributed by atoms with Gasteiger partial charge in [-0.3, -0.25) is 9.59 Å². The van der Waals surface area contributed by atoms with Crippen LogP contribution in [0.5, 0.6) is 5.75 Å². The lowest BCUT2D eigenvalue weighted by Crippen LogP contribution is -2.38. The highest BCUT2D eigenvalue weighted by Gasteiger charge is 2.27. The number of ether oxygens (including phenoxy) is 1. The van der Waals surface area contributed by atoms with Crippen molar-refractivity contribution in [3.8, 4) is 5.75 Å². The van der Waals surface area contributed by atoms with Crippen LogP contribution in [0.15, 0.2) is 110 Å². The summed E-state index contributed by atoms with van der Waals surface area (Å²) >= 11 is 0. The number of hydrazone groups is 1. The van der Waals surface area contributed by atoms with Crippen LogP contribution in [-0.2, 0) is 32.7 Å². The number of nitrogens with one attached hydrogen (secondary N) is 2. The molecular weight excluding hydrogens is 524 g/mol. The summed E-state index contributed by atoms with van der Waals surface area (Å²) in [4.78, 5) is 24.5. The largest absolute Gasteiger partial charge is 0.484 e. The average molecular weight is 551 g/mol. The highest BCUT2D eigenvalue weighted by Crippen LogP contribution is 2.18. The maximum Gasteiger partial charge on any atom is 0.258 e. The van der Waals surface area contributed by atoms with E-state index in [1.54, 1.807) is 66.7 Å². The Morgan fingerprint density at radius 1 is 0.872 bits per heavy atom. The Morgan fingerprint density at radius 2 is 1.56 bits per heavy atom. The predicted octanol–water partition coefficient (Wildman–Crippen LogP) is 2.91. The van der Waals surface area contributed by atoms with Gasteiger partial charge in [0.15, 0.2) is 6.61 Å². The fourth-order valence-corrected chi connectivity index (χ4v) is 4.75. The van der Waals surface area contributed by atoms with Crippen LogP contribution in [0.3, 0.4) is 0 Å². The molecule has 11 nitrogen and oxygen atoms in total. The molecule has 4 aromatic rings. The monoisotopic (exact) mass is 550 g/mol. The zero-order valence-electron chi connectivity index (χ0n) is 20.7. The van der Waals surface area contributed by atoms with Crippen molar-refractivity contribution in [3.63, 3.8) is 0 Å². The first-order chi connectivity index (χ1) is 18.9. The van der Waals surface area contributed by atoms with E-state index in [4.69, 9.17) is 13.6 Å². The number of sulfonamides is 1. The van der Waals surface area contributed by atoms with E-state index in [1.807, 2.05) is 0 Å². The van der Waals surface area contributed by atoms with Crippen molar-refractivity contribution in [2.75, 3.05) is 13.2 Å². The SMILES string of the molecule is O=C(COc1ccc(/C=N/NC(=O)CN(Cc2ccco2)S(=O)(=O)c2ccccc2)cc1)NCc1ccco1. The molecule has 0 aliphatic heterocycles. The minimum atomic E-state index is -3.97. The number of benzene rings is 2. The molecule has 0 saturated carbocycles. The predicted molar refractivity (Wildman–Crippen MR) is 141 cm³/mol. The van der Waals surface area contributed by atoms with E-state index in [2.05, 4.69) is 15.8 Å². The molecular formula is C27H26N4O7S. The van der Waals surface area contributed by atoms with Crippen LogP contribution in [0.25, 0.3) is 0 Å². The van der Waals surface area contributed by atoms with Crippen LogP contribution in [0.1, 0.15) is 17.1 Å². The van der Waals surface area contributed by atoms with Crippen molar-refractivity contribution in [3.05, 3.63) is 108 Å². The van der Waals surface area contributed by atoms with Gasteiger partial charge in [-0.1, -0.05) is 18.2 Å². The molecule has 2 N–H and O–H groups in total. The maximum absolute atomic E-state index is 13.1. The van der Waals surface area contributed by atoms with Gasteiger partial charge in [-0.05, 0) is 66.2 Å². The quantitative estimate of drug-likeness (QED) is 0.192. The lowest BCUT2D eigenvalue weighted by molar-refractivity contribution is -0.123. The summed E-state index contributed by atoms with van der Waals surface area (Å²) in [6.07, 6.45) is 4.36. The normalized spacial score (nSPS) is 11.5. The zero-order valence-corrected chi connectivity index (χ0v) is 21.5. The van der Waals surface area contributed by atoms with Gasteiger partial charge < -0.3 is 18.9 Å². The van der Waals surface area contributed by atoms with E-state index in [9.17, 15) is 18.0 Å². The molecule has 0 unspecified atom stereocenters. The molecule has 4 rings (SSSR count). The summed E-state index contributed by atoms with van der Waals surface area (Å²) in [5.41, 5.74) is 2.99. The van der Waals surface area contributed by atoms with Gasteiger partial charge in [0.25, 0.3) is 11.8 Å². The van der Waals surface area contributed by atoms with Crippen LogP contribution in [0.4, 0.5) is 0 Å². The number of carbonyl (C=O) groups is 2. The van der Waals surface area contributed by atoms with E-state index < -0.39 is 22.5 Å². The smallest absolute Gasteiger partial charge is 0.258 e. The molecule has 0 spiro atoms. The second kappa shape index (κ2) is 13.2. The fraction of sp³-hybridized carbons (Fsp3) is 0.148. The third-order valence-electron chi connectivity index (χ3n) is 5.31. The first-order valence-corrected chi connectivity index (χ1v) is 13.3. The number of hydrogen-bond acceptors (Lipinski definition) is 8. The van der Waals surface area contributed by atoms with E-state index in [1.165, 1.54) is 30.9 Å². The third kappa shape index (κ3) is 8.15. The molecule has 0 aliphatic rings. The number of hydrogen-bond donors (Lipinski definition) is 2. The Kier molecular flexibility index (Phi) is 9.27. The lowest BCUT2D eigenvalue weighted by Gasteiger charge is -2.20. The minimum Gasteiger partial charge on any atom is -0.484 e. The van der Waals surface area contributed by atoms with Crippen LogP contribution in [0.2, 0.25) is 0 Å². The van der Waals surface area contributed by atoms with Crippen molar-refractivity contribution in [1.82, 2.24) is 15.0 Å². The fourth-order valence-electron chi connectivity index (χ4n) is 3.37. The van der Waals surface area contributed by atoms with Gasteiger partial charge in [0.2, 0.25) is 10.0 Å². The van der Waals surface area contributed by atoms with Gasteiger partial charge in [0.1, 0.15) is 17.3 Å². The van der Waals surface area contributed by atoms with Crippen LogP contribution < -0.4 is 15.5 Å². The summed E-state index contributed by atoms with van der Waals surface area (Å²) in [6.45, 7) is -0.479. The first kappa shape index (κ1) is 27.4. The van der Waals surface area contributed by atoms with Crippen molar-refractivity contribution in [1.29, 1.82) is 0 Å². The highest BCUT2D eigenvalue weighted by molar-refractivity contribution is 7.89. The van der Waals surface area contributed by atoms with Gasteiger partial charge in [0, 0.05) is 0 Å². The van der Waals surface area contributed by atoms with Gasteiger partial charge in [-0.15, -0.1) is 0 Å². The van der Waals surface area contributed by atoms with E-state index in [-0.39, 0.29) is 30.5 Å². The number of carbonyl (C=O) groups excluding carboxylic acids is 2.